The first-order chi connectivity index (χ1) is 8.13. The molecule has 4 nitrogen and oxygen atoms in total. The molecular weight excluding hydrogens is 216 g/mol. The van der Waals surface area contributed by atoms with Crippen molar-refractivity contribution in [2.24, 2.45) is 0 Å². The Balaban J connectivity index is 2.27. The number of carbonyl (C=O) groups excluding carboxylic acids is 1. The Hall–Kier alpha value is -0.610. The number of hydrogen-bond donors (Lipinski definition) is 2. The van der Waals surface area contributed by atoms with Gasteiger partial charge < -0.3 is 15.4 Å². The summed E-state index contributed by atoms with van der Waals surface area (Å²) in [6, 6.07) is 0.699. The summed E-state index contributed by atoms with van der Waals surface area (Å²) in [4.78, 5) is 11.3. The standard InChI is InChI=1S/C13H26N2O2/c1-10(15-11(2)13(16)17-3)9-12-7-5-4-6-8-14-12/h10-12,14-15H,4-9H2,1-3H3/t10?,11-,12?/m0/s1. The number of hydrogen-bond acceptors (Lipinski definition) is 4. The lowest BCUT2D eigenvalue weighted by atomic mass is 10.0. The van der Waals surface area contributed by atoms with Crippen LogP contribution in [0, 0.1) is 0 Å². The number of ether oxygens (including phenoxy) is 1. The number of methoxy groups -OCH3 is 1. The lowest BCUT2D eigenvalue weighted by Crippen LogP contribution is -2.43. The second-order valence-electron chi connectivity index (χ2n) is 5.05. The van der Waals surface area contributed by atoms with Gasteiger partial charge in [-0.3, -0.25) is 4.79 Å². The summed E-state index contributed by atoms with van der Waals surface area (Å²) in [6.07, 6.45) is 6.26. The van der Waals surface area contributed by atoms with Crippen molar-refractivity contribution in [2.75, 3.05) is 13.7 Å². The Kier molecular flexibility index (Phi) is 6.52. The molecule has 100 valence electrons. The predicted octanol–water partition coefficient (Wildman–Crippen LogP) is 1.45. The molecule has 2 unspecified atom stereocenters. The van der Waals surface area contributed by atoms with Crippen molar-refractivity contribution < 1.29 is 9.53 Å². The second kappa shape index (κ2) is 7.67. The van der Waals surface area contributed by atoms with Crippen LogP contribution >= 0.6 is 0 Å². The van der Waals surface area contributed by atoms with E-state index >= 15 is 0 Å². The summed E-state index contributed by atoms with van der Waals surface area (Å²) in [5, 5.41) is 6.86. The zero-order valence-electron chi connectivity index (χ0n) is 11.3. The fraction of sp³-hybridized carbons (Fsp3) is 0.923. The van der Waals surface area contributed by atoms with Crippen molar-refractivity contribution in [3.8, 4) is 0 Å². The van der Waals surface area contributed by atoms with Gasteiger partial charge in [0.2, 0.25) is 0 Å². The summed E-state index contributed by atoms with van der Waals surface area (Å²) >= 11 is 0. The van der Waals surface area contributed by atoms with E-state index in [0.717, 1.165) is 13.0 Å². The van der Waals surface area contributed by atoms with Gasteiger partial charge in [-0.25, -0.2) is 0 Å². The summed E-state index contributed by atoms with van der Waals surface area (Å²) in [6.45, 7) is 5.11. The van der Waals surface area contributed by atoms with Crippen molar-refractivity contribution in [2.45, 2.75) is 64.1 Å². The zero-order chi connectivity index (χ0) is 12.7. The van der Waals surface area contributed by atoms with Gasteiger partial charge in [-0.1, -0.05) is 12.8 Å². The van der Waals surface area contributed by atoms with Crippen LogP contribution in [0.5, 0.6) is 0 Å². The Morgan fingerprint density at radius 1 is 1.41 bits per heavy atom. The number of rotatable bonds is 5. The molecule has 1 saturated heterocycles. The molecule has 0 aromatic rings. The largest absolute Gasteiger partial charge is 0.468 e. The monoisotopic (exact) mass is 242 g/mol. The topological polar surface area (TPSA) is 50.4 Å². The van der Waals surface area contributed by atoms with E-state index in [4.69, 9.17) is 4.74 Å². The molecule has 0 saturated carbocycles. The van der Waals surface area contributed by atoms with Gasteiger partial charge in [0.05, 0.1) is 7.11 Å². The zero-order valence-corrected chi connectivity index (χ0v) is 11.3. The van der Waals surface area contributed by atoms with E-state index in [1.807, 2.05) is 6.92 Å². The summed E-state index contributed by atoms with van der Waals surface area (Å²) in [5.74, 6) is -0.189. The fourth-order valence-electron chi connectivity index (χ4n) is 2.47. The Morgan fingerprint density at radius 2 is 2.18 bits per heavy atom. The van der Waals surface area contributed by atoms with Gasteiger partial charge in [-0.05, 0) is 39.7 Å². The third-order valence-electron chi connectivity index (χ3n) is 3.39. The lowest BCUT2D eigenvalue weighted by Gasteiger charge is -2.23. The number of nitrogens with one attached hydrogen (secondary N) is 2. The molecule has 0 aromatic carbocycles. The molecule has 0 aromatic heterocycles. The average Bonchev–Trinajstić information content (AvgIpc) is 2.56. The van der Waals surface area contributed by atoms with Crippen molar-refractivity contribution >= 4 is 5.97 Å². The minimum Gasteiger partial charge on any atom is -0.468 e. The summed E-state index contributed by atoms with van der Waals surface area (Å²) < 4.78 is 4.71. The first kappa shape index (κ1) is 14.5. The SMILES string of the molecule is COC(=O)[C@H](C)NC(C)CC1CCCCCN1. The van der Waals surface area contributed by atoms with Crippen LogP contribution in [0.4, 0.5) is 0 Å². The Labute approximate surface area is 104 Å². The predicted molar refractivity (Wildman–Crippen MR) is 69.0 cm³/mol. The van der Waals surface area contributed by atoms with Gasteiger partial charge in [-0.15, -0.1) is 0 Å². The molecule has 1 heterocycles. The minimum atomic E-state index is -0.222. The molecule has 0 aliphatic carbocycles. The van der Waals surface area contributed by atoms with E-state index in [-0.39, 0.29) is 12.0 Å². The van der Waals surface area contributed by atoms with Crippen LogP contribution in [0.2, 0.25) is 0 Å². The molecule has 2 N–H and O–H groups in total. The second-order valence-corrected chi connectivity index (χ2v) is 5.05. The Morgan fingerprint density at radius 3 is 2.88 bits per heavy atom. The molecule has 0 bridgehead atoms. The van der Waals surface area contributed by atoms with Gasteiger partial charge in [0.25, 0.3) is 0 Å². The molecule has 17 heavy (non-hydrogen) atoms. The van der Waals surface area contributed by atoms with Gasteiger partial charge in [-0.2, -0.15) is 0 Å². The summed E-state index contributed by atoms with van der Waals surface area (Å²) in [7, 11) is 1.43. The van der Waals surface area contributed by atoms with Crippen LogP contribution in [0.3, 0.4) is 0 Å². The normalized spacial score (nSPS) is 24.8. The molecule has 0 radical (unpaired) electrons. The van der Waals surface area contributed by atoms with E-state index < -0.39 is 0 Å². The highest BCUT2D eigenvalue weighted by molar-refractivity contribution is 5.75. The highest BCUT2D eigenvalue weighted by Gasteiger charge is 2.19. The maximum Gasteiger partial charge on any atom is 0.322 e. The summed E-state index contributed by atoms with van der Waals surface area (Å²) in [5.41, 5.74) is 0. The van der Waals surface area contributed by atoms with Crippen LogP contribution in [0.15, 0.2) is 0 Å². The lowest BCUT2D eigenvalue weighted by molar-refractivity contribution is -0.142. The fourth-order valence-corrected chi connectivity index (χ4v) is 2.47. The molecule has 1 aliphatic heterocycles. The molecule has 0 amide bonds. The van der Waals surface area contributed by atoms with Gasteiger partial charge >= 0.3 is 5.97 Å². The van der Waals surface area contributed by atoms with E-state index in [9.17, 15) is 4.79 Å². The smallest absolute Gasteiger partial charge is 0.322 e. The molecule has 1 fully saturated rings. The maximum absolute atomic E-state index is 11.3. The highest BCUT2D eigenvalue weighted by Crippen LogP contribution is 2.12. The van der Waals surface area contributed by atoms with E-state index in [1.165, 1.54) is 32.8 Å². The van der Waals surface area contributed by atoms with Crippen molar-refractivity contribution in [1.82, 2.24) is 10.6 Å². The molecule has 1 aliphatic rings. The third kappa shape index (κ3) is 5.50. The van der Waals surface area contributed by atoms with Gasteiger partial charge in [0.1, 0.15) is 6.04 Å². The van der Waals surface area contributed by atoms with Crippen LogP contribution < -0.4 is 10.6 Å². The van der Waals surface area contributed by atoms with Gasteiger partial charge in [0, 0.05) is 12.1 Å². The third-order valence-corrected chi connectivity index (χ3v) is 3.39. The highest BCUT2D eigenvalue weighted by atomic mass is 16.5. The van der Waals surface area contributed by atoms with Crippen LogP contribution in [-0.4, -0.2) is 37.7 Å². The molecular formula is C13H26N2O2. The number of carbonyl (C=O) groups is 1. The van der Waals surface area contributed by atoms with Gasteiger partial charge in [0.15, 0.2) is 0 Å². The molecule has 1 rings (SSSR count). The quantitative estimate of drug-likeness (QED) is 0.716. The Bertz CT molecular complexity index is 225. The molecule has 3 atom stereocenters. The first-order valence-electron chi connectivity index (χ1n) is 6.70. The van der Waals surface area contributed by atoms with Crippen LogP contribution in [0.25, 0.3) is 0 Å². The van der Waals surface area contributed by atoms with Crippen molar-refractivity contribution in [3.63, 3.8) is 0 Å². The average molecular weight is 242 g/mol. The van der Waals surface area contributed by atoms with E-state index in [1.54, 1.807) is 0 Å². The molecule has 0 spiro atoms. The van der Waals surface area contributed by atoms with Crippen molar-refractivity contribution in [1.29, 1.82) is 0 Å². The van der Waals surface area contributed by atoms with Crippen molar-refractivity contribution in [3.05, 3.63) is 0 Å². The van der Waals surface area contributed by atoms with Crippen LogP contribution in [-0.2, 0) is 9.53 Å². The first-order valence-corrected chi connectivity index (χ1v) is 6.70. The van der Waals surface area contributed by atoms with Crippen LogP contribution in [0.1, 0.15) is 46.0 Å². The molecule has 4 heteroatoms. The number of esters is 1. The van der Waals surface area contributed by atoms with E-state index in [0.29, 0.717) is 12.1 Å². The minimum absolute atomic E-state index is 0.189. The van der Waals surface area contributed by atoms with E-state index in [2.05, 4.69) is 17.6 Å². The maximum atomic E-state index is 11.3.